The van der Waals surface area contributed by atoms with Crippen LogP contribution in [0, 0.1) is 0 Å². The van der Waals surface area contributed by atoms with Gasteiger partial charge in [0, 0.05) is 56.7 Å². The van der Waals surface area contributed by atoms with Crippen LogP contribution in [0.1, 0.15) is 48.7 Å². The predicted octanol–water partition coefficient (Wildman–Crippen LogP) is 4.94. The molecule has 39 heavy (non-hydrogen) atoms. The number of urea groups is 1. The zero-order valence-electron chi connectivity index (χ0n) is 22.7. The highest BCUT2D eigenvalue weighted by molar-refractivity contribution is 6.07. The van der Waals surface area contributed by atoms with Gasteiger partial charge in [0.1, 0.15) is 0 Å². The van der Waals surface area contributed by atoms with Crippen LogP contribution in [0.5, 0.6) is 0 Å². The molecule has 5 rings (SSSR count). The van der Waals surface area contributed by atoms with Gasteiger partial charge in [-0.1, -0.05) is 49.4 Å². The first-order valence-electron chi connectivity index (χ1n) is 14.1. The third kappa shape index (κ3) is 6.33. The third-order valence-electron chi connectivity index (χ3n) is 7.54. The number of piperidine rings is 1. The molecule has 0 spiro atoms. The summed E-state index contributed by atoms with van der Waals surface area (Å²) in [6, 6.07) is 14.0. The number of aromatic amines is 1. The van der Waals surface area contributed by atoms with Gasteiger partial charge in [-0.05, 0) is 54.2 Å². The van der Waals surface area contributed by atoms with Crippen molar-refractivity contribution < 1.29 is 9.59 Å². The van der Waals surface area contributed by atoms with Crippen LogP contribution in [-0.4, -0.2) is 75.9 Å². The SMILES string of the molecule is CC/C=C1/CN(C(=O)c2cccc3ccccc23)CCN(Cc2cnc[nH]2)/C1=C/CNC(=O)N1CCCCC1. The van der Waals surface area contributed by atoms with Crippen LogP contribution in [0.15, 0.2) is 78.4 Å². The topological polar surface area (TPSA) is 84.6 Å². The molecule has 0 saturated carbocycles. The second kappa shape index (κ2) is 12.7. The smallest absolute Gasteiger partial charge is 0.317 e. The number of aromatic nitrogens is 2. The normalized spacial score (nSPS) is 18.5. The first kappa shape index (κ1) is 26.5. The van der Waals surface area contributed by atoms with E-state index >= 15 is 0 Å². The summed E-state index contributed by atoms with van der Waals surface area (Å²) < 4.78 is 0. The molecule has 3 heterocycles. The maximum absolute atomic E-state index is 13.9. The van der Waals surface area contributed by atoms with Crippen molar-refractivity contribution >= 4 is 22.7 Å². The minimum atomic E-state index is -0.00549. The van der Waals surface area contributed by atoms with Gasteiger partial charge in [0.15, 0.2) is 0 Å². The molecule has 3 amide bonds. The van der Waals surface area contributed by atoms with Crippen molar-refractivity contribution in [1.82, 2.24) is 30.0 Å². The molecule has 2 aliphatic rings. The molecule has 1 aromatic heterocycles. The minimum Gasteiger partial charge on any atom is -0.364 e. The highest BCUT2D eigenvalue weighted by atomic mass is 16.2. The van der Waals surface area contributed by atoms with Gasteiger partial charge in [-0.3, -0.25) is 4.79 Å². The molecule has 204 valence electrons. The quantitative estimate of drug-likeness (QED) is 0.477. The number of carbonyl (C=O) groups is 2. The van der Waals surface area contributed by atoms with Crippen molar-refractivity contribution in [3.05, 3.63) is 89.7 Å². The van der Waals surface area contributed by atoms with Crippen molar-refractivity contribution in [1.29, 1.82) is 0 Å². The number of carbonyl (C=O) groups excluding carboxylic acids is 2. The fraction of sp³-hybridized carbons (Fsp3) is 0.387. The molecule has 2 aliphatic heterocycles. The van der Waals surface area contributed by atoms with Crippen LogP contribution < -0.4 is 5.32 Å². The largest absolute Gasteiger partial charge is 0.364 e. The summed E-state index contributed by atoms with van der Waals surface area (Å²) in [6.45, 7) is 6.61. The highest BCUT2D eigenvalue weighted by Crippen LogP contribution is 2.26. The lowest BCUT2D eigenvalue weighted by molar-refractivity contribution is 0.0771. The van der Waals surface area contributed by atoms with Crippen LogP contribution in [0.3, 0.4) is 0 Å². The summed E-state index contributed by atoms with van der Waals surface area (Å²) in [7, 11) is 0. The Kier molecular flexibility index (Phi) is 8.61. The van der Waals surface area contributed by atoms with E-state index in [-0.39, 0.29) is 11.9 Å². The molecule has 0 bridgehead atoms. The summed E-state index contributed by atoms with van der Waals surface area (Å²) >= 11 is 0. The highest BCUT2D eigenvalue weighted by Gasteiger charge is 2.27. The first-order chi connectivity index (χ1) is 19.1. The van der Waals surface area contributed by atoms with Crippen LogP contribution in [0.25, 0.3) is 10.8 Å². The second-order valence-corrected chi connectivity index (χ2v) is 10.2. The Labute approximate surface area is 230 Å². The maximum Gasteiger partial charge on any atom is 0.317 e. The van der Waals surface area contributed by atoms with E-state index in [0.29, 0.717) is 32.7 Å². The van der Waals surface area contributed by atoms with E-state index in [2.05, 4.69) is 39.3 Å². The van der Waals surface area contributed by atoms with Crippen LogP contribution in [0.4, 0.5) is 4.79 Å². The van der Waals surface area contributed by atoms with Gasteiger partial charge < -0.3 is 25.0 Å². The van der Waals surface area contributed by atoms with Crippen LogP contribution in [0.2, 0.25) is 0 Å². The number of benzene rings is 2. The number of hydrogen-bond acceptors (Lipinski definition) is 4. The number of allylic oxidation sites excluding steroid dienone is 1. The molecular formula is C31H38N6O2. The Morgan fingerprint density at radius 2 is 1.79 bits per heavy atom. The number of imidazole rings is 1. The van der Waals surface area contributed by atoms with Crippen LogP contribution in [-0.2, 0) is 6.54 Å². The van der Waals surface area contributed by atoms with E-state index < -0.39 is 0 Å². The number of amides is 3. The molecule has 0 unspecified atom stereocenters. The molecule has 0 atom stereocenters. The number of fused-ring (bicyclic) bond motifs is 1. The Balaban J connectivity index is 1.40. The average molecular weight is 527 g/mol. The third-order valence-corrected chi connectivity index (χ3v) is 7.54. The van der Waals surface area contributed by atoms with E-state index in [9.17, 15) is 9.59 Å². The summed E-state index contributed by atoms with van der Waals surface area (Å²) in [6.07, 6.45) is 12.0. The van der Waals surface area contributed by atoms with E-state index in [1.54, 1.807) is 6.33 Å². The Morgan fingerprint density at radius 3 is 2.59 bits per heavy atom. The van der Waals surface area contributed by atoms with E-state index in [4.69, 9.17) is 0 Å². The van der Waals surface area contributed by atoms with Gasteiger partial charge in [-0.15, -0.1) is 0 Å². The predicted molar refractivity (Wildman–Crippen MR) is 154 cm³/mol. The summed E-state index contributed by atoms with van der Waals surface area (Å²) in [5.74, 6) is 0.0370. The van der Waals surface area contributed by atoms with Gasteiger partial charge in [0.2, 0.25) is 0 Å². The van der Waals surface area contributed by atoms with Gasteiger partial charge in [-0.2, -0.15) is 0 Å². The monoisotopic (exact) mass is 526 g/mol. The fourth-order valence-corrected chi connectivity index (χ4v) is 5.55. The molecule has 2 aromatic carbocycles. The van der Waals surface area contributed by atoms with E-state index in [0.717, 1.165) is 65.7 Å². The molecule has 0 radical (unpaired) electrons. The lowest BCUT2D eigenvalue weighted by Crippen LogP contribution is -2.43. The van der Waals surface area contributed by atoms with Crippen molar-refractivity contribution in [3.63, 3.8) is 0 Å². The van der Waals surface area contributed by atoms with Crippen molar-refractivity contribution in [2.24, 2.45) is 0 Å². The Bertz CT molecular complexity index is 1330. The fourth-order valence-electron chi connectivity index (χ4n) is 5.55. The molecule has 2 N–H and O–H groups in total. The Hall–Kier alpha value is -4.07. The van der Waals surface area contributed by atoms with Crippen molar-refractivity contribution in [2.75, 3.05) is 39.3 Å². The van der Waals surface area contributed by atoms with Gasteiger partial charge in [-0.25, -0.2) is 9.78 Å². The summed E-state index contributed by atoms with van der Waals surface area (Å²) in [4.78, 5) is 40.2. The first-order valence-corrected chi connectivity index (χ1v) is 14.1. The van der Waals surface area contributed by atoms with E-state index in [1.165, 1.54) is 6.42 Å². The second-order valence-electron chi connectivity index (χ2n) is 10.2. The standard InChI is InChI=1S/C31H38N6O2/c1-2-9-25-21-37(30(38)28-13-8-11-24-10-4-5-12-27(24)28)19-18-36(22-26-20-32-23-34-26)29(25)14-15-33-31(39)35-16-6-3-7-17-35/h4-5,8-14,20,23H,2-3,6-7,15-19,21-22H2,1H3,(H,32,34)(H,33,39)/b25-9-,29-14+. The van der Waals surface area contributed by atoms with Gasteiger partial charge in [0.05, 0.1) is 18.6 Å². The molecule has 3 aromatic rings. The van der Waals surface area contributed by atoms with Crippen LogP contribution >= 0.6 is 0 Å². The molecule has 2 fully saturated rings. The molecular weight excluding hydrogens is 488 g/mol. The van der Waals surface area contributed by atoms with Crippen molar-refractivity contribution in [2.45, 2.75) is 39.2 Å². The molecule has 0 aliphatic carbocycles. The zero-order valence-corrected chi connectivity index (χ0v) is 22.7. The molecule has 2 saturated heterocycles. The number of nitrogens with one attached hydrogen (secondary N) is 2. The summed E-state index contributed by atoms with van der Waals surface area (Å²) in [5, 5.41) is 5.13. The number of H-pyrrole nitrogens is 1. The number of hydrogen-bond donors (Lipinski definition) is 2. The van der Waals surface area contributed by atoms with Gasteiger partial charge >= 0.3 is 6.03 Å². The van der Waals surface area contributed by atoms with Crippen molar-refractivity contribution in [3.8, 4) is 0 Å². The summed E-state index contributed by atoms with van der Waals surface area (Å²) in [5.41, 5.74) is 3.88. The molecule has 8 nitrogen and oxygen atoms in total. The van der Waals surface area contributed by atoms with Gasteiger partial charge in [0.25, 0.3) is 5.91 Å². The molecule has 8 heteroatoms. The Morgan fingerprint density at radius 1 is 0.974 bits per heavy atom. The maximum atomic E-state index is 13.9. The number of likely N-dealkylation sites (tertiary alicyclic amines) is 1. The number of nitrogens with zero attached hydrogens (tertiary/aromatic N) is 4. The zero-order chi connectivity index (χ0) is 27.0. The van der Waals surface area contributed by atoms with E-state index in [1.807, 2.05) is 58.5 Å². The number of rotatable bonds is 6. The lowest BCUT2D eigenvalue weighted by Gasteiger charge is -2.27. The average Bonchev–Trinajstić information content (AvgIpc) is 3.43. The minimum absolute atomic E-state index is 0.00549. The lowest BCUT2D eigenvalue weighted by atomic mass is 10.0.